The Hall–Kier alpha value is -0.430. The molecule has 0 saturated carbocycles. The number of nitrogens with one attached hydrogen (secondary N) is 1. The summed E-state index contributed by atoms with van der Waals surface area (Å²) in [7, 11) is -1.81. The van der Waals surface area contributed by atoms with Crippen LogP contribution in [-0.4, -0.2) is 52.0 Å². The monoisotopic (exact) mass is 446 g/mol. The normalized spacial score (nSPS) is 17.3. The summed E-state index contributed by atoms with van der Waals surface area (Å²) < 4.78 is 31.8. The summed E-state index contributed by atoms with van der Waals surface area (Å²) in [5, 5.41) is 2.90. The van der Waals surface area contributed by atoms with E-state index in [1.165, 1.54) is 15.6 Å². The lowest BCUT2D eigenvalue weighted by molar-refractivity contribution is 0.0731. The lowest BCUT2D eigenvalue weighted by Crippen LogP contribution is -2.40. The Bertz CT molecular complexity index is 582. The molecule has 0 aliphatic carbocycles. The quantitative estimate of drug-likeness (QED) is 0.397. The summed E-state index contributed by atoms with van der Waals surface area (Å²) in [6, 6.07) is 3.42. The SMILES string of the molecule is CN=C(N)NCc1ccc(S(=O)(=O)N2CCOCC2)s1.I. The van der Waals surface area contributed by atoms with Crippen LogP contribution in [-0.2, 0) is 21.3 Å². The van der Waals surface area contributed by atoms with E-state index in [4.69, 9.17) is 10.5 Å². The number of sulfonamides is 1. The number of aliphatic imine (C=N–C) groups is 1. The van der Waals surface area contributed by atoms with Gasteiger partial charge in [-0.2, -0.15) is 4.31 Å². The number of thiophene rings is 1. The third-order valence-electron chi connectivity index (χ3n) is 2.89. The van der Waals surface area contributed by atoms with Gasteiger partial charge in [-0.1, -0.05) is 0 Å². The molecule has 1 aliphatic heterocycles. The van der Waals surface area contributed by atoms with E-state index in [0.29, 0.717) is 43.0 Å². The summed E-state index contributed by atoms with van der Waals surface area (Å²) >= 11 is 1.24. The largest absolute Gasteiger partial charge is 0.379 e. The van der Waals surface area contributed by atoms with Gasteiger partial charge in [-0.25, -0.2) is 8.42 Å². The van der Waals surface area contributed by atoms with Gasteiger partial charge in [0.05, 0.1) is 19.8 Å². The van der Waals surface area contributed by atoms with Crippen LogP contribution in [0.5, 0.6) is 0 Å². The van der Waals surface area contributed by atoms with Crippen molar-refractivity contribution in [2.24, 2.45) is 10.7 Å². The maximum atomic E-state index is 12.4. The van der Waals surface area contributed by atoms with Gasteiger partial charge < -0.3 is 15.8 Å². The van der Waals surface area contributed by atoms with Crippen LogP contribution >= 0.6 is 35.3 Å². The molecule has 0 radical (unpaired) electrons. The number of nitrogens with zero attached hydrogens (tertiary/aromatic N) is 2. The van der Waals surface area contributed by atoms with E-state index in [0.717, 1.165) is 4.88 Å². The molecule has 21 heavy (non-hydrogen) atoms. The predicted molar refractivity (Wildman–Crippen MR) is 93.7 cm³/mol. The number of rotatable bonds is 4. The Morgan fingerprint density at radius 2 is 2.14 bits per heavy atom. The highest BCUT2D eigenvalue weighted by Gasteiger charge is 2.27. The van der Waals surface area contributed by atoms with E-state index in [2.05, 4.69) is 10.3 Å². The van der Waals surface area contributed by atoms with Crippen LogP contribution in [0.4, 0.5) is 0 Å². The van der Waals surface area contributed by atoms with Crippen molar-refractivity contribution in [3.05, 3.63) is 17.0 Å². The van der Waals surface area contributed by atoms with Gasteiger partial charge >= 0.3 is 0 Å². The second-order valence-electron chi connectivity index (χ2n) is 4.20. The van der Waals surface area contributed by atoms with Crippen LogP contribution in [0.3, 0.4) is 0 Å². The van der Waals surface area contributed by atoms with Crippen molar-refractivity contribution in [3.8, 4) is 0 Å². The van der Waals surface area contributed by atoms with Crippen LogP contribution < -0.4 is 11.1 Å². The van der Waals surface area contributed by atoms with E-state index in [-0.39, 0.29) is 24.0 Å². The Balaban J connectivity index is 0.00000220. The van der Waals surface area contributed by atoms with Crippen LogP contribution in [0.1, 0.15) is 4.88 Å². The van der Waals surface area contributed by atoms with Gasteiger partial charge in [-0.15, -0.1) is 35.3 Å². The first-order valence-corrected chi connectivity index (χ1v) is 8.42. The van der Waals surface area contributed by atoms with Gasteiger partial charge in [-0.3, -0.25) is 4.99 Å². The minimum Gasteiger partial charge on any atom is -0.379 e. The zero-order valence-corrected chi connectivity index (χ0v) is 15.6. The Morgan fingerprint density at radius 3 is 2.76 bits per heavy atom. The van der Waals surface area contributed by atoms with Gasteiger partial charge in [0, 0.05) is 25.0 Å². The molecule has 1 aromatic heterocycles. The lowest BCUT2D eigenvalue weighted by Gasteiger charge is -2.25. The molecular formula is C11H19IN4O3S2. The fourth-order valence-electron chi connectivity index (χ4n) is 1.76. The van der Waals surface area contributed by atoms with E-state index < -0.39 is 10.0 Å². The Kier molecular flexibility index (Phi) is 7.33. The van der Waals surface area contributed by atoms with Crippen molar-refractivity contribution in [2.45, 2.75) is 10.8 Å². The van der Waals surface area contributed by atoms with Crippen LogP contribution in [0, 0.1) is 0 Å². The summed E-state index contributed by atoms with van der Waals surface area (Å²) in [6.07, 6.45) is 0. The van der Waals surface area contributed by atoms with Crippen molar-refractivity contribution in [1.29, 1.82) is 0 Å². The molecule has 1 aliphatic rings. The number of nitrogens with two attached hydrogens (primary N) is 1. The van der Waals surface area contributed by atoms with Crippen LogP contribution in [0.15, 0.2) is 21.3 Å². The lowest BCUT2D eigenvalue weighted by atomic mass is 10.5. The minimum atomic E-state index is -3.40. The molecule has 0 unspecified atom stereocenters. The fraction of sp³-hybridized carbons (Fsp3) is 0.545. The van der Waals surface area contributed by atoms with Gasteiger partial charge in [0.25, 0.3) is 10.0 Å². The number of morpholine rings is 1. The first-order chi connectivity index (χ1) is 9.54. The van der Waals surface area contributed by atoms with E-state index in [1.807, 2.05) is 0 Å². The summed E-state index contributed by atoms with van der Waals surface area (Å²) in [5.74, 6) is 0.330. The van der Waals surface area contributed by atoms with Crippen molar-refractivity contribution < 1.29 is 13.2 Å². The smallest absolute Gasteiger partial charge is 0.252 e. The third-order valence-corrected chi connectivity index (χ3v) is 6.34. The van der Waals surface area contributed by atoms with Crippen molar-refractivity contribution in [3.63, 3.8) is 0 Å². The second-order valence-corrected chi connectivity index (χ2v) is 7.53. The van der Waals surface area contributed by atoms with Crippen LogP contribution in [0.2, 0.25) is 0 Å². The standard InChI is InChI=1S/C11H18N4O3S2.HI/c1-13-11(12)14-8-9-2-3-10(19-9)20(16,17)15-4-6-18-7-5-15;/h2-3H,4-8H2,1H3,(H3,12,13,14);1H. The first-order valence-electron chi connectivity index (χ1n) is 6.17. The first kappa shape index (κ1) is 18.6. The molecule has 2 rings (SSSR count). The zero-order valence-electron chi connectivity index (χ0n) is 11.6. The molecular weight excluding hydrogens is 427 g/mol. The van der Waals surface area contributed by atoms with E-state index in [9.17, 15) is 8.42 Å². The summed E-state index contributed by atoms with van der Waals surface area (Å²) in [6.45, 7) is 2.17. The molecule has 0 bridgehead atoms. The maximum Gasteiger partial charge on any atom is 0.252 e. The number of guanidine groups is 1. The number of hydrogen-bond acceptors (Lipinski definition) is 5. The second kappa shape index (κ2) is 8.27. The molecule has 2 heterocycles. The third kappa shape index (κ3) is 4.77. The molecule has 3 N–H and O–H groups in total. The predicted octanol–water partition coefficient (Wildman–Crippen LogP) is 0.421. The summed E-state index contributed by atoms with van der Waals surface area (Å²) in [5.41, 5.74) is 5.53. The van der Waals surface area contributed by atoms with E-state index in [1.54, 1.807) is 19.2 Å². The molecule has 1 aromatic rings. The number of hydrogen-bond donors (Lipinski definition) is 2. The van der Waals surface area contributed by atoms with Gasteiger partial charge in [0.1, 0.15) is 4.21 Å². The van der Waals surface area contributed by atoms with E-state index >= 15 is 0 Å². The number of ether oxygens (including phenoxy) is 1. The molecule has 7 nitrogen and oxygen atoms in total. The molecule has 0 aromatic carbocycles. The fourth-order valence-corrected chi connectivity index (χ4v) is 4.62. The molecule has 0 amide bonds. The zero-order chi connectivity index (χ0) is 14.6. The Labute approximate surface area is 145 Å². The average molecular weight is 446 g/mol. The molecule has 0 atom stereocenters. The molecule has 120 valence electrons. The minimum absolute atomic E-state index is 0. The van der Waals surface area contributed by atoms with Gasteiger partial charge in [-0.05, 0) is 12.1 Å². The van der Waals surface area contributed by atoms with Crippen molar-refractivity contribution >= 4 is 51.3 Å². The average Bonchev–Trinajstić information content (AvgIpc) is 2.95. The topological polar surface area (TPSA) is 97.0 Å². The molecule has 1 saturated heterocycles. The molecule has 0 spiro atoms. The van der Waals surface area contributed by atoms with Crippen LogP contribution in [0.25, 0.3) is 0 Å². The maximum absolute atomic E-state index is 12.4. The Morgan fingerprint density at radius 1 is 1.48 bits per heavy atom. The van der Waals surface area contributed by atoms with Gasteiger partial charge in [0.15, 0.2) is 5.96 Å². The highest BCUT2D eigenvalue weighted by molar-refractivity contribution is 14.0. The number of halogens is 1. The highest BCUT2D eigenvalue weighted by Crippen LogP contribution is 2.25. The molecule has 1 fully saturated rings. The molecule has 10 heteroatoms. The van der Waals surface area contributed by atoms with Gasteiger partial charge in [0.2, 0.25) is 0 Å². The highest BCUT2D eigenvalue weighted by atomic mass is 127. The van der Waals surface area contributed by atoms with Crippen molar-refractivity contribution in [1.82, 2.24) is 9.62 Å². The van der Waals surface area contributed by atoms with Crippen molar-refractivity contribution in [2.75, 3.05) is 33.4 Å². The summed E-state index contributed by atoms with van der Waals surface area (Å²) in [4.78, 5) is 4.67.